The minimum absolute atomic E-state index is 0.732. The van der Waals surface area contributed by atoms with E-state index in [0.717, 1.165) is 28.8 Å². The highest BCUT2D eigenvalue weighted by molar-refractivity contribution is 5.90. The topological polar surface area (TPSA) is 27.0 Å². The summed E-state index contributed by atoms with van der Waals surface area (Å²) in [5.74, 6) is 0. The van der Waals surface area contributed by atoms with Crippen molar-refractivity contribution in [3.05, 3.63) is 64.7 Å². The standard InChI is InChI=1S/C21H22N2/c1-23(2)21-11-7-16(8-12-21)13-20(15-22)19-10-9-17-5-3-4-6-18(17)14-19/h7-14H,3-6H2,1-2H3/b20-13+. The van der Waals surface area contributed by atoms with E-state index in [1.807, 2.05) is 20.2 Å². The van der Waals surface area contributed by atoms with Crippen LogP contribution in [0.1, 0.15) is 35.1 Å². The molecule has 0 aromatic heterocycles. The first-order valence-electron chi connectivity index (χ1n) is 8.19. The molecule has 1 aliphatic rings. The van der Waals surface area contributed by atoms with Crippen LogP contribution in [0.2, 0.25) is 0 Å². The molecule has 2 aromatic carbocycles. The van der Waals surface area contributed by atoms with Crippen LogP contribution in [-0.2, 0) is 12.8 Å². The van der Waals surface area contributed by atoms with E-state index >= 15 is 0 Å². The molecule has 0 saturated heterocycles. The van der Waals surface area contributed by atoms with Crippen LogP contribution < -0.4 is 4.90 Å². The average Bonchev–Trinajstić information content (AvgIpc) is 2.59. The van der Waals surface area contributed by atoms with Crippen LogP contribution in [-0.4, -0.2) is 14.1 Å². The number of aryl methyl sites for hydroxylation is 2. The van der Waals surface area contributed by atoms with Gasteiger partial charge in [-0.05, 0) is 66.1 Å². The number of rotatable bonds is 3. The number of hydrogen-bond donors (Lipinski definition) is 0. The van der Waals surface area contributed by atoms with Gasteiger partial charge in [0.25, 0.3) is 0 Å². The second-order valence-electron chi connectivity index (χ2n) is 6.35. The Bertz CT molecular complexity index is 761. The van der Waals surface area contributed by atoms with E-state index in [9.17, 15) is 5.26 Å². The largest absolute Gasteiger partial charge is 0.378 e. The van der Waals surface area contributed by atoms with E-state index in [1.165, 1.54) is 30.4 Å². The lowest BCUT2D eigenvalue weighted by atomic mass is 9.89. The molecule has 0 atom stereocenters. The molecule has 116 valence electrons. The molecule has 3 rings (SSSR count). The van der Waals surface area contributed by atoms with Gasteiger partial charge < -0.3 is 4.90 Å². The Kier molecular flexibility index (Phi) is 4.48. The number of nitriles is 1. The lowest BCUT2D eigenvalue weighted by Gasteiger charge is -2.16. The normalized spacial score (nSPS) is 14.0. The Morgan fingerprint density at radius 3 is 2.35 bits per heavy atom. The Morgan fingerprint density at radius 1 is 1.00 bits per heavy atom. The first-order valence-corrected chi connectivity index (χ1v) is 8.19. The number of allylic oxidation sites excluding steroid dienone is 1. The Morgan fingerprint density at radius 2 is 1.70 bits per heavy atom. The van der Waals surface area contributed by atoms with Crippen LogP contribution in [0.4, 0.5) is 5.69 Å². The number of nitrogens with zero attached hydrogens (tertiary/aromatic N) is 2. The van der Waals surface area contributed by atoms with Gasteiger partial charge in [-0.1, -0.05) is 30.3 Å². The third-order valence-corrected chi connectivity index (χ3v) is 4.50. The number of fused-ring (bicyclic) bond motifs is 1. The molecule has 0 heterocycles. The van der Waals surface area contributed by atoms with Gasteiger partial charge >= 0.3 is 0 Å². The van der Waals surface area contributed by atoms with E-state index in [4.69, 9.17) is 0 Å². The summed E-state index contributed by atoms with van der Waals surface area (Å²) < 4.78 is 0. The zero-order valence-corrected chi connectivity index (χ0v) is 13.8. The maximum absolute atomic E-state index is 9.56. The molecule has 0 radical (unpaired) electrons. The van der Waals surface area contributed by atoms with Gasteiger partial charge in [0.2, 0.25) is 0 Å². The van der Waals surface area contributed by atoms with Crippen LogP contribution in [0.15, 0.2) is 42.5 Å². The fraction of sp³-hybridized carbons (Fsp3) is 0.286. The van der Waals surface area contributed by atoms with Crippen molar-refractivity contribution in [1.82, 2.24) is 0 Å². The van der Waals surface area contributed by atoms with Gasteiger partial charge in [-0.3, -0.25) is 0 Å². The lowest BCUT2D eigenvalue weighted by molar-refractivity contribution is 0.685. The molecule has 0 fully saturated rings. The van der Waals surface area contributed by atoms with Crippen LogP contribution >= 0.6 is 0 Å². The van der Waals surface area contributed by atoms with Crippen molar-refractivity contribution < 1.29 is 0 Å². The highest BCUT2D eigenvalue weighted by Gasteiger charge is 2.11. The quantitative estimate of drug-likeness (QED) is 0.607. The maximum atomic E-state index is 9.56. The third kappa shape index (κ3) is 3.46. The van der Waals surface area contributed by atoms with Crippen LogP contribution in [0.25, 0.3) is 11.6 Å². The van der Waals surface area contributed by atoms with Crippen molar-refractivity contribution in [2.75, 3.05) is 19.0 Å². The molecule has 0 amide bonds. The molecule has 2 nitrogen and oxygen atoms in total. The summed E-state index contributed by atoms with van der Waals surface area (Å²) in [5, 5.41) is 9.56. The average molecular weight is 302 g/mol. The van der Waals surface area contributed by atoms with Crippen molar-refractivity contribution >= 4 is 17.3 Å². The molecule has 0 saturated carbocycles. The minimum Gasteiger partial charge on any atom is -0.378 e. The summed E-state index contributed by atoms with van der Waals surface area (Å²) in [6.07, 6.45) is 6.83. The highest BCUT2D eigenvalue weighted by Crippen LogP contribution is 2.26. The highest BCUT2D eigenvalue weighted by atomic mass is 15.1. The zero-order valence-electron chi connectivity index (χ0n) is 13.8. The van der Waals surface area contributed by atoms with Gasteiger partial charge in [-0.15, -0.1) is 0 Å². The predicted molar refractivity (Wildman–Crippen MR) is 97.3 cm³/mol. The van der Waals surface area contributed by atoms with Crippen molar-refractivity contribution in [3.63, 3.8) is 0 Å². The second kappa shape index (κ2) is 6.71. The molecular formula is C21H22N2. The van der Waals surface area contributed by atoms with E-state index < -0.39 is 0 Å². The van der Waals surface area contributed by atoms with Gasteiger partial charge in [0.15, 0.2) is 0 Å². The Hall–Kier alpha value is -2.53. The van der Waals surface area contributed by atoms with E-state index in [0.29, 0.717) is 0 Å². The van der Waals surface area contributed by atoms with Gasteiger partial charge in [0, 0.05) is 19.8 Å². The fourth-order valence-corrected chi connectivity index (χ4v) is 3.12. The zero-order chi connectivity index (χ0) is 16.2. The molecule has 2 aromatic rings. The molecule has 0 aliphatic heterocycles. The summed E-state index contributed by atoms with van der Waals surface area (Å²) in [4.78, 5) is 2.07. The lowest BCUT2D eigenvalue weighted by Crippen LogP contribution is -2.07. The van der Waals surface area contributed by atoms with Crippen molar-refractivity contribution in [1.29, 1.82) is 5.26 Å². The molecule has 0 spiro atoms. The molecule has 0 unspecified atom stereocenters. The molecule has 0 N–H and O–H groups in total. The number of benzene rings is 2. The van der Waals surface area contributed by atoms with Crippen molar-refractivity contribution in [2.24, 2.45) is 0 Å². The smallest absolute Gasteiger partial charge is 0.0998 e. The molecular weight excluding hydrogens is 280 g/mol. The molecule has 2 heteroatoms. The van der Waals surface area contributed by atoms with Gasteiger partial charge in [0.1, 0.15) is 0 Å². The van der Waals surface area contributed by atoms with Crippen molar-refractivity contribution in [3.8, 4) is 6.07 Å². The maximum Gasteiger partial charge on any atom is 0.0998 e. The van der Waals surface area contributed by atoms with E-state index in [2.05, 4.69) is 53.4 Å². The summed E-state index contributed by atoms with van der Waals surface area (Å²) >= 11 is 0. The predicted octanol–water partition coefficient (Wildman–Crippen LogP) is 4.70. The number of hydrogen-bond acceptors (Lipinski definition) is 2. The summed E-state index contributed by atoms with van der Waals surface area (Å²) in [6, 6.07) is 17.1. The van der Waals surface area contributed by atoms with Gasteiger partial charge in [-0.25, -0.2) is 0 Å². The minimum atomic E-state index is 0.732. The monoisotopic (exact) mass is 302 g/mol. The third-order valence-electron chi connectivity index (χ3n) is 4.50. The van der Waals surface area contributed by atoms with E-state index in [-0.39, 0.29) is 0 Å². The van der Waals surface area contributed by atoms with Gasteiger partial charge in [-0.2, -0.15) is 5.26 Å². The van der Waals surface area contributed by atoms with Crippen LogP contribution in [0, 0.1) is 11.3 Å². The summed E-state index contributed by atoms with van der Waals surface area (Å²) in [5.41, 5.74) is 6.85. The Balaban J connectivity index is 1.91. The van der Waals surface area contributed by atoms with Crippen molar-refractivity contribution in [2.45, 2.75) is 25.7 Å². The van der Waals surface area contributed by atoms with Crippen LogP contribution in [0.5, 0.6) is 0 Å². The number of anilines is 1. The van der Waals surface area contributed by atoms with Gasteiger partial charge in [0.05, 0.1) is 11.6 Å². The second-order valence-corrected chi connectivity index (χ2v) is 6.35. The SMILES string of the molecule is CN(C)c1ccc(/C=C(\C#N)c2ccc3c(c2)CCCC3)cc1. The molecule has 1 aliphatic carbocycles. The summed E-state index contributed by atoms with van der Waals surface area (Å²) in [6.45, 7) is 0. The Labute approximate surface area is 138 Å². The van der Waals surface area contributed by atoms with E-state index in [1.54, 1.807) is 0 Å². The molecule has 0 bridgehead atoms. The molecule has 23 heavy (non-hydrogen) atoms. The first kappa shape index (κ1) is 15.4. The first-order chi connectivity index (χ1) is 11.2. The van der Waals surface area contributed by atoms with Crippen LogP contribution in [0.3, 0.4) is 0 Å². The fourth-order valence-electron chi connectivity index (χ4n) is 3.12. The summed E-state index contributed by atoms with van der Waals surface area (Å²) in [7, 11) is 4.05.